The number of aryl methyl sites for hydroxylation is 1. The van der Waals surface area contributed by atoms with Crippen molar-refractivity contribution in [1.29, 1.82) is 0 Å². The van der Waals surface area contributed by atoms with Crippen LogP contribution in [0.3, 0.4) is 0 Å². The molecule has 0 aliphatic carbocycles. The maximum Gasteiger partial charge on any atom is 0.275 e. The lowest BCUT2D eigenvalue weighted by Gasteiger charge is -2.34. The quantitative estimate of drug-likeness (QED) is 0.714. The van der Waals surface area contributed by atoms with E-state index in [1.807, 2.05) is 29.2 Å². The van der Waals surface area contributed by atoms with Crippen molar-refractivity contribution in [3.8, 4) is 0 Å². The van der Waals surface area contributed by atoms with E-state index in [2.05, 4.69) is 22.1 Å². The zero-order chi connectivity index (χ0) is 18.8. The van der Waals surface area contributed by atoms with E-state index in [1.165, 1.54) is 10.2 Å². The first-order chi connectivity index (χ1) is 13.1. The third-order valence-electron chi connectivity index (χ3n) is 5.07. The second-order valence-corrected chi connectivity index (χ2v) is 6.88. The van der Waals surface area contributed by atoms with Crippen LogP contribution < -0.4 is 5.56 Å². The maximum atomic E-state index is 13.1. The molecule has 1 aromatic heterocycles. The molecule has 3 aromatic rings. The van der Waals surface area contributed by atoms with E-state index in [4.69, 9.17) is 0 Å². The van der Waals surface area contributed by atoms with Crippen LogP contribution in [0.5, 0.6) is 0 Å². The Hall–Kier alpha value is -2.99. The van der Waals surface area contributed by atoms with E-state index in [9.17, 15) is 9.59 Å². The average molecular weight is 362 g/mol. The number of aromatic nitrogens is 2. The van der Waals surface area contributed by atoms with Crippen molar-refractivity contribution in [2.45, 2.75) is 6.54 Å². The van der Waals surface area contributed by atoms with Gasteiger partial charge >= 0.3 is 0 Å². The summed E-state index contributed by atoms with van der Waals surface area (Å²) in [4.78, 5) is 29.5. The highest BCUT2D eigenvalue weighted by Crippen LogP contribution is 2.16. The van der Waals surface area contributed by atoms with Crippen LogP contribution in [0.4, 0.5) is 0 Å². The van der Waals surface area contributed by atoms with E-state index >= 15 is 0 Å². The molecule has 1 amide bonds. The van der Waals surface area contributed by atoms with E-state index in [0.29, 0.717) is 29.6 Å². The van der Waals surface area contributed by atoms with Gasteiger partial charge in [0.1, 0.15) is 0 Å². The third-order valence-corrected chi connectivity index (χ3v) is 5.07. The number of piperazine rings is 1. The number of nitrogens with zero attached hydrogens (tertiary/aromatic N) is 4. The summed E-state index contributed by atoms with van der Waals surface area (Å²) in [5.41, 5.74) is 1.45. The minimum absolute atomic E-state index is 0.110. The van der Waals surface area contributed by atoms with Crippen LogP contribution in [0.15, 0.2) is 59.4 Å². The molecule has 138 valence electrons. The van der Waals surface area contributed by atoms with Gasteiger partial charge < -0.3 is 4.90 Å². The second kappa shape index (κ2) is 7.32. The van der Waals surface area contributed by atoms with Crippen molar-refractivity contribution < 1.29 is 4.79 Å². The van der Waals surface area contributed by atoms with Gasteiger partial charge in [-0.25, -0.2) is 4.68 Å². The number of benzene rings is 2. The molecule has 1 aliphatic heterocycles. The summed E-state index contributed by atoms with van der Waals surface area (Å²) in [6, 6.07) is 17.5. The lowest BCUT2D eigenvalue weighted by Crippen LogP contribution is -2.48. The SMILES string of the molecule is Cn1nc(C(=O)N2CCN(Cc3ccccc3)CC2)c2ccccc2c1=O. The molecule has 1 aliphatic rings. The number of carbonyl (C=O) groups excluding carboxylic acids is 1. The first kappa shape index (κ1) is 17.4. The Bertz CT molecular complexity index is 1020. The second-order valence-electron chi connectivity index (χ2n) is 6.88. The van der Waals surface area contributed by atoms with Crippen LogP contribution >= 0.6 is 0 Å². The number of rotatable bonds is 3. The molecular formula is C21H22N4O2. The van der Waals surface area contributed by atoms with Crippen molar-refractivity contribution in [1.82, 2.24) is 19.6 Å². The summed E-state index contributed by atoms with van der Waals surface area (Å²) in [6.07, 6.45) is 0. The Morgan fingerprint density at radius 3 is 2.26 bits per heavy atom. The van der Waals surface area contributed by atoms with Gasteiger partial charge in [-0.3, -0.25) is 14.5 Å². The molecule has 0 atom stereocenters. The predicted molar refractivity (Wildman–Crippen MR) is 105 cm³/mol. The van der Waals surface area contributed by atoms with Crippen LogP contribution in [0.1, 0.15) is 16.1 Å². The molecule has 1 saturated heterocycles. The Morgan fingerprint density at radius 2 is 1.56 bits per heavy atom. The summed E-state index contributed by atoms with van der Waals surface area (Å²) in [5.74, 6) is -0.110. The first-order valence-electron chi connectivity index (χ1n) is 9.15. The molecule has 6 heteroatoms. The highest BCUT2D eigenvalue weighted by atomic mass is 16.2. The van der Waals surface area contributed by atoms with Crippen molar-refractivity contribution in [3.63, 3.8) is 0 Å². The first-order valence-corrected chi connectivity index (χ1v) is 9.15. The van der Waals surface area contributed by atoms with Gasteiger partial charge in [-0.15, -0.1) is 0 Å². The van der Waals surface area contributed by atoms with Crippen molar-refractivity contribution in [2.24, 2.45) is 7.05 Å². The van der Waals surface area contributed by atoms with Gasteiger partial charge in [0.05, 0.1) is 5.39 Å². The Labute approximate surface area is 157 Å². The molecular weight excluding hydrogens is 340 g/mol. The summed E-state index contributed by atoms with van der Waals surface area (Å²) in [6.45, 7) is 3.85. The standard InChI is InChI=1S/C21H22N4O2/c1-23-20(26)18-10-6-5-9-17(18)19(22-23)21(27)25-13-11-24(12-14-25)15-16-7-3-2-4-8-16/h2-10H,11-15H2,1H3. The molecule has 2 heterocycles. The summed E-state index contributed by atoms with van der Waals surface area (Å²) in [5, 5.41) is 5.41. The van der Waals surface area contributed by atoms with Gasteiger partial charge in [0.2, 0.25) is 0 Å². The fraction of sp³-hybridized carbons (Fsp3) is 0.286. The van der Waals surface area contributed by atoms with E-state index in [1.54, 1.807) is 25.2 Å². The fourth-order valence-electron chi connectivity index (χ4n) is 3.56. The van der Waals surface area contributed by atoms with Gasteiger partial charge in [-0.1, -0.05) is 48.5 Å². The van der Waals surface area contributed by atoms with Gasteiger partial charge in [-0.05, 0) is 11.6 Å². The number of hydrogen-bond acceptors (Lipinski definition) is 4. The molecule has 0 spiro atoms. The van der Waals surface area contributed by atoms with Gasteiger partial charge in [0, 0.05) is 45.2 Å². The van der Waals surface area contributed by atoms with Crippen LogP contribution in [-0.2, 0) is 13.6 Å². The number of fused-ring (bicyclic) bond motifs is 1. The highest BCUT2D eigenvalue weighted by Gasteiger charge is 2.25. The van der Waals surface area contributed by atoms with Crippen molar-refractivity contribution >= 4 is 16.7 Å². The molecule has 6 nitrogen and oxygen atoms in total. The Kier molecular flexibility index (Phi) is 4.73. The van der Waals surface area contributed by atoms with E-state index < -0.39 is 0 Å². The van der Waals surface area contributed by atoms with E-state index in [-0.39, 0.29) is 11.5 Å². The molecule has 4 rings (SSSR count). The van der Waals surface area contributed by atoms with E-state index in [0.717, 1.165) is 19.6 Å². The zero-order valence-corrected chi connectivity index (χ0v) is 15.3. The highest BCUT2D eigenvalue weighted by molar-refractivity contribution is 6.04. The molecule has 0 saturated carbocycles. The van der Waals surface area contributed by atoms with Crippen LogP contribution in [-0.4, -0.2) is 51.7 Å². The minimum atomic E-state index is -0.185. The third kappa shape index (κ3) is 3.48. The monoisotopic (exact) mass is 362 g/mol. The minimum Gasteiger partial charge on any atom is -0.335 e. The Morgan fingerprint density at radius 1 is 0.926 bits per heavy atom. The molecule has 27 heavy (non-hydrogen) atoms. The number of hydrogen-bond donors (Lipinski definition) is 0. The lowest BCUT2D eigenvalue weighted by molar-refractivity contribution is 0.0622. The largest absolute Gasteiger partial charge is 0.335 e. The lowest BCUT2D eigenvalue weighted by atomic mass is 10.1. The molecule has 0 radical (unpaired) electrons. The molecule has 1 fully saturated rings. The van der Waals surface area contributed by atoms with Crippen molar-refractivity contribution in [2.75, 3.05) is 26.2 Å². The van der Waals surface area contributed by atoms with Gasteiger partial charge in [-0.2, -0.15) is 5.10 Å². The van der Waals surface area contributed by atoms with Gasteiger partial charge in [0.15, 0.2) is 5.69 Å². The molecule has 2 aromatic carbocycles. The number of carbonyl (C=O) groups is 1. The average Bonchev–Trinajstić information content (AvgIpc) is 2.71. The van der Waals surface area contributed by atoms with Crippen molar-refractivity contribution in [3.05, 3.63) is 76.2 Å². The summed E-state index contributed by atoms with van der Waals surface area (Å²) < 4.78 is 1.25. The number of amides is 1. The summed E-state index contributed by atoms with van der Waals surface area (Å²) >= 11 is 0. The topological polar surface area (TPSA) is 58.4 Å². The predicted octanol–water partition coefficient (Wildman–Crippen LogP) is 1.89. The Balaban J connectivity index is 1.51. The fourth-order valence-corrected chi connectivity index (χ4v) is 3.56. The van der Waals surface area contributed by atoms with Crippen LogP contribution in [0, 0.1) is 0 Å². The maximum absolute atomic E-state index is 13.1. The van der Waals surface area contributed by atoms with Crippen LogP contribution in [0.2, 0.25) is 0 Å². The normalized spacial score (nSPS) is 15.2. The van der Waals surface area contributed by atoms with Crippen LogP contribution in [0.25, 0.3) is 10.8 Å². The zero-order valence-electron chi connectivity index (χ0n) is 15.3. The smallest absolute Gasteiger partial charge is 0.275 e. The molecule has 0 unspecified atom stereocenters. The molecule has 0 bridgehead atoms. The molecule has 0 N–H and O–H groups in total. The summed E-state index contributed by atoms with van der Waals surface area (Å²) in [7, 11) is 1.59. The van der Waals surface area contributed by atoms with Gasteiger partial charge in [0.25, 0.3) is 11.5 Å².